The lowest BCUT2D eigenvalue weighted by molar-refractivity contribution is -0.141. The Labute approximate surface area is 182 Å². The van der Waals surface area contributed by atoms with Crippen LogP contribution in [0.4, 0.5) is 4.79 Å². The number of benzene rings is 2. The third kappa shape index (κ3) is 6.06. The number of rotatable bonds is 11. The van der Waals surface area contributed by atoms with Crippen molar-refractivity contribution in [3.8, 4) is 11.1 Å². The monoisotopic (exact) mass is 427 g/mol. The van der Waals surface area contributed by atoms with Crippen LogP contribution < -0.4 is 0 Å². The van der Waals surface area contributed by atoms with Gasteiger partial charge in [0.15, 0.2) is 0 Å². The summed E-state index contributed by atoms with van der Waals surface area (Å²) in [6.07, 6.45) is -0.152. The van der Waals surface area contributed by atoms with E-state index >= 15 is 0 Å². The predicted molar refractivity (Wildman–Crippen MR) is 116 cm³/mol. The molecule has 0 unspecified atom stereocenters. The smallest absolute Gasteiger partial charge is 0.409 e. The van der Waals surface area contributed by atoms with Gasteiger partial charge in [0.05, 0.1) is 40.0 Å². The minimum atomic E-state index is -0.375. The van der Waals surface area contributed by atoms with Crippen molar-refractivity contribution in [1.82, 2.24) is 4.90 Å². The van der Waals surface area contributed by atoms with Crippen LogP contribution in [0.15, 0.2) is 48.5 Å². The average Bonchev–Trinajstić information content (AvgIpc) is 3.12. The van der Waals surface area contributed by atoms with Crippen molar-refractivity contribution in [2.45, 2.75) is 12.3 Å². The molecule has 31 heavy (non-hydrogen) atoms. The van der Waals surface area contributed by atoms with Crippen LogP contribution in [0, 0.1) is 0 Å². The zero-order valence-electron chi connectivity index (χ0n) is 18.0. The SMILES string of the molecule is COC(=O)CCOCCOCCN(C)C(=O)OCC1c2ccccc2-c2ccccc21. The molecular formula is C24H29NO6. The standard InChI is InChI=1S/C24H29NO6/c1-25(12-14-30-16-15-29-13-11-23(26)28-2)24(27)31-17-22-20-9-5-3-7-18(20)19-8-4-6-10-21(19)22/h3-10,22H,11-17H2,1-2H3. The second kappa shape index (κ2) is 11.5. The summed E-state index contributed by atoms with van der Waals surface area (Å²) in [6.45, 7) is 2.16. The van der Waals surface area contributed by atoms with Gasteiger partial charge in [0.2, 0.25) is 0 Å². The van der Waals surface area contributed by atoms with Gasteiger partial charge in [0.1, 0.15) is 6.61 Å². The van der Waals surface area contributed by atoms with Crippen LogP contribution in [0.2, 0.25) is 0 Å². The number of likely N-dealkylation sites (N-methyl/N-ethyl adjacent to an activating group) is 1. The highest BCUT2D eigenvalue weighted by molar-refractivity contribution is 5.79. The topological polar surface area (TPSA) is 74.3 Å². The molecule has 0 N–H and O–H groups in total. The van der Waals surface area contributed by atoms with Crippen molar-refractivity contribution in [1.29, 1.82) is 0 Å². The zero-order chi connectivity index (χ0) is 22.1. The number of fused-ring (bicyclic) bond motifs is 3. The van der Waals surface area contributed by atoms with Gasteiger partial charge in [-0.1, -0.05) is 48.5 Å². The molecule has 0 saturated heterocycles. The van der Waals surface area contributed by atoms with E-state index in [0.717, 1.165) is 0 Å². The summed E-state index contributed by atoms with van der Waals surface area (Å²) in [6, 6.07) is 16.5. The van der Waals surface area contributed by atoms with Gasteiger partial charge in [0, 0.05) is 19.5 Å². The normalized spacial score (nSPS) is 12.2. The Balaban J connectivity index is 1.37. The second-order valence-corrected chi connectivity index (χ2v) is 7.28. The molecule has 0 saturated carbocycles. The molecule has 7 nitrogen and oxygen atoms in total. The van der Waals surface area contributed by atoms with Gasteiger partial charge in [-0.25, -0.2) is 4.79 Å². The summed E-state index contributed by atoms with van der Waals surface area (Å²) < 4.78 is 20.9. The van der Waals surface area contributed by atoms with E-state index < -0.39 is 0 Å². The Morgan fingerprint density at radius 1 is 0.871 bits per heavy atom. The molecule has 1 amide bonds. The molecule has 0 aliphatic heterocycles. The van der Waals surface area contributed by atoms with Gasteiger partial charge < -0.3 is 23.8 Å². The molecular weight excluding hydrogens is 398 g/mol. The fourth-order valence-corrected chi connectivity index (χ4v) is 3.58. The largest absolute Gasteiger partial charge is 0.469 e. The van der Waals surface area contributed by atoms with Gasteiger partial charge in [-0.05, 0) is 22.3 Å². The Morgan fingerprint density at radius 3 is 2.06 bits per heavy atom. The number of hydrogen-bond donors (Lipinski definition) is 0. The maximum Gasteiger partial charge on any atom is 0.409 e. The summed E-state index contributed by atoms with van der Waals surface area (Å²) in [5, 5.41) is 0. The molecule has 0 bridgehead atoms. The van der Waals surface area contributed by atoms with Gasteiger partial charge in [-0.2, -0.15) is 0 Å². The minimum absolute atomic E-state index is 0.0446. The molecule has 0 atom stereocenters. The van der Waals surface area contributed by atoms with Gasteiger partial charge in [-0.15, -0.1) is 0 Å². The van der Waals surface area contributed by atoms with E-state index in [9.17, 15) is 9.59 Å². The van der Waals surface area contributed by atoms with E-state index in [0.29, 0.717) is 39.6 Å². The summed E-state index contributed by atoms with van der Waals surface area (Å²) in [7, 11) is 3.04. The maximum absolute atomic E-state index is 12.4. The zero-order valence-corrected chi connectivity index (χ0v) is 18.0. The first-order valence-corrected chi connectivity index (χ1v) is 10.4. The molecule has 0 heterocycles. The highest BCUT2D eigenvalue weighted by Crippen LogP contribution is 2.44. The van der Waals surface area contributed by atoms with E-state index in [2.05, 4.69) is 29.0 Å². The first-order valence-electron chi connectivity index (χ1n) is 10.4. The summed E-state index contributed by atoms with van der Waals surface area (Å²) in [5.41, 5.74) is 4.79. The molecule has 1 aliphatic carbocycles. The van der Waals surface area contributed by atoms with Gasteiger partial charge >= 0.3 is 12.1 Å². The van der Waals surface area contributed by atoms with Crippen LogP contribution in [0.25, 0.3) is 11.1 Å². The van der Waals surface area contributed by atoms with E-state index in [-0.39, 0.29) is 24.4 Å². The second-order valence-electron chi connectivity index (χ2n) is 7.28. The van der Waals surface area contributed by atoms with Crippen molar-refractivity contribution in [3.05, 3.63) is 59.7 Å². The van der Waals surface area contributed by atoms with Crippen LogP contribution in [0.3, 0.4) is 0 Å². The molecule has 7 heteroatoms. The molecule has 1 aliphatic rings. The van der Waals surface area contributed by atoms with Crippen LogP contribution in [0.1, 0.15) is 23.5 Å². The van der Waals surface area contributed by atoms with Gasteiger partial charge in [0.25, 0.3) is 0 Å². The van der Waals surface area contributed by atoms with Crippen LogP contribution in [-0.2, 0) is 23.7 Å². The quantitative estimate of drug-likeness (QED) is 0.404. The van der Waals surface area contributed by atoms with E-state index in [1.54, 1.807) is 7.05 Å². The Morgan fingerprint density at radius 2 is 1.45 bits per heavy atom. The number of amides is 1. The minimum Gasteiger partial charge on any atom is -0.469 e. The molecule has 166 valence electrons. The van der Waals surface area contributed by atoms with Crippen LogP contribution >= 0.6 is 0 Å². The van der Waals surface area contributed by atoms with Crippen molar-refractivity contribution in [2.24, 2.45) is 0 Å². The lowest BCUT2D eigenvalue weighted by Gasteiger charge is -2.19. The summed E-state index contributed by atoms with van der Waals surface area (Å²) in [4.78, 5) is 24.9. The lowest BCUT2D eigenvalue weighted by Crippen LogP contribution is -2.32. The van der Waals surface area contributed by atoms with E-state index in [4.69, 9.17) is 14.2 Å². The fraction of sp³-hybridized carbons (Fsp3) is 0.417. The molecule has 0 aromatic heterocycles. The summed E-state index contributed by atoms with van der Waals surface area (Å²) >= 11 is 0. The van der Waals surface area contributed by atoms with E-state index in [1.807, 2.05) is 24.3 Å². The van der Waals surface area contributed by atoms with E-state index in [1.165, 1.54) is 34.3 Å². The Kier molecular flexibility index (Phi) is 8.44. The van der Waals surface area contributed by atoms with Crippen molar-refractivity contribution < 1.29 is 28.5 Å². The first-order chi connectivity index (χ1) is 15.1. The number of nitrogens with zero attached hydrogens (tertiary/aromatic N) is 1. The molecule has 2 aromatic rings. The molecule has 0 radical (unpaired) electrons. The molecule has 0 fully saturated rings. The van der Waals surface area contributed by atoms with Gasteiger partial charge in [-0.3, -0.25) is 4.79 Å². The van der Waals surface area contributed by atoms with Crippen LogP contribution in [0.5, 0.6) is 0 Å². The third-order valence-corrected chi connectivity index (χ3v) is 5.27. The first kappa shape index (κ1) is 22.8. The van der Waals surface area contributed by atoms with Crippen molar-refractivity contribution in [3.63, 3.8) is 0 Å². The van der Waals surface area contributed by atoms with Crippen LogP contribution in [-0.4, -0.2) is 70.7 Å². The predicted octanol–water partition coefficient (Wildman–Crippen LogP) is 3.46. The maximum atomic E-state index is 12.4. The number of carbonyl (C=O) groups excluding carboxylic acids is 2. The Hall–Kier alpha value is -2.90. The number of carbonyl (C=O) groups is 2. The number of ether oxygens (including phenoxy) is 4. The number of hydrogen-bond acceptors (Lipinski definition) is 6. The molecule has 3 rings (SSSR count). The fourth-order valence-electron chi connectivity index (χ4n) is 3.58. The van der Waals surface area contributed by atoms with Crippen molar-refractivity contribution >= 4 is 12.1 Å². The average molecular weight is 427 g/mol. The molecule has 2 aromatic carbocycles. The van der Waals surface area contributed by atoms with Crippen molar-refractivity contribution in [2.75, 3.05) is 53.7 Å². The Bertz CT molecular complexity index is 838. The highest BCUT2D eigenvalue weighted by atomic mass is 16.6. The summed E-state index contributed by atoms with van der Waals surface area (Å²) in [5.74, 6) is -0.256. The lowest BCUT2D eigenvalue weighted by atomic mass is 9.98. The third-order valence-electron chi connectivity index (χ3n) is 5.27. The number of methoxy groups -OCH3 is 1. The highest BCUT2D eigenvalue weighted by Gasteiger charge is 2.29. The number of esters is 1. The molecule has 0 spiro atoms.